The summed E-state index contributed by atoms with van der Waals surface area (Å²) in [5, 5.41) is 0. The summed E-state index contributed by atoms with van der Waals surface area (Å²) in [6.07, 6.45) is 0. The summed E-state index contributed by atoms with van der Waals surface area (Å²) in [7, 11) is 0. The summed E-state index contributed by atoms with van der Waals surface area (Å²) < 4.78 is 2.12. The van der Waals surface area contributed by atoms with Gasteiger partial charge in [-0.1, -0.05) is 0 Å². The van der Waals surface area contributed by atoms with Gasteiger partial charge in [0.25, 0.3) is 0 Å². The third-order valence-corrected chi connectivity index (χ3v) is 0. The molecule has 0 nitrogen and oxygen atoms in total. The molecule has 0 unspecified atom stereocenters. The number of hydrogen-bond donors (Lipinski definition) is 0. The van der Waals surface area contributed by atoms with E-state index in [1.54, 1.807) is 0 Å². The summed E-state index contributed by atoms with van der Waals surface area (Å²) in [4.78, 5) is 0. The van der Waals surface area contributed by atoms with Gasteiger partial charge in [0.15, 0.2) is 0 Å². The van der Waals surface area contributed by atoms with Gasteiger partial charge in [0, 0.05) is 16.8 Å². The third-order valence-electron chi connectivity index (χ3n) is 0. The molecule has 0 aliphatic carbocycles. The van der Waals surface area contributed by atoms with E-state index in [9.17, 15) is 0 Å². The Morgan fingerprint density at radius 3 is 1.75 bits per heavy atom. The van der Waals surface area contributed by atoms with Crippen molar-refractivity contribution in [3.05, 3.63) is 0 Å². The second-order valence-electron chi connectivity index (χ2n) is 0.408. The van der Waals surface area contributed by atoms with Crippen molar-refractivity contribution in [1.29, 1.82) is 0 Å². The van der Waals surface area contributed by atoms with E-state index >= 15 is 0 Å². The van der Waals surface area contributed by atoms with Gasteiger partial charge in [-0.25, -0.2) is 0 Å². The van der Waals surface area contributed by atoms with Gasteiger partial charge in [-0.15, -0.1) is 0 Å². The van der Waals surface area contributed by atoms with Crippen molar-refractivity contribution < 1.29 is 34.6 Å². The Morgan fingerprint density at radius 1 is 1.75 bits per heavy atom. The van der Waals surface area contributed by atoms with E-state index in [1.807, 2.05) is 0 Å². The van der Waals surface area contributed by atoms with Gasteiger partial charge < -0.3 is 0 Å². The fourth-order valence-corrected chi connectivity index (χ4v) is 0. The Labute approximate surface area is 46.4 Å². The van der Waals surface area contributed by atoms with Crippen LogP contribution in [0, 0.1) is 0 Å². The van der Waals surface area contributed by atoms with Crippen molar-refractivity contribution in [2.45, 2.75) is 6.92 Å². The quantitative estimate of drug-likeness (QED) is 0.440. The Hall–Kier alpha value is 1.000. The van der Waals surface area contributed by atoms with Crippen LogP contribution in [0.2, 0.25) is 0 Å². The molecule has 0 aromatic rings. The largest absolute Gasteiger partial charge is 0 e. The van der Waals surface area contributed by atoms with Gasteiger partial charge in [-0.05, 0) is 0 Å². The molecule has 1 radical (unpaired) electrons. The number of rotatable bonds is 0. The Morgan fingerprint density at radius 2 is 1.75 bits per heavy atom. The van der Waals surface area contributed by atoms with Crippen LogP contribution in [-0.2, 0) is 34.6 Å². The molecule has 0 aromatic carbocycles. The Balaban J connectivity index is 0. The van der Waals surface area contributed by atoms with Crippen LogP contribution in [0.15, 0.2) is 0 Å². The van der Waals surface area contributed by atoms with Gasteiger partial charge in [0.2, 0.25) is 0 Å². The monoisotopic (exact) mass is 151 g/mol. The van der Waals surface area contributed by atoms with Crippen LogP contribution >= 0.6 is 0 Å². The maximum atomic E-state index is 2.12. The van der Waals surface area contributed by atoms with Gasteiger partial charge >= 0.3 is 29.4 Å². The molecular weight excluding hydrogens is 148 g/mol. The summed E-state index contributed by atoms with van der Waals surface area (Å²) in [6.45, 7) is 2.06. The topological polar surface area (TPSA) is 0 Å². The van der Waals surface area contributed by atoms with E-state index in [4.69, 9.17) is 0 Å². The third kappa shape index (κ3) is 12.0. The molecule has 0 aliphatic rings. The summed E-state index contributed by atoms with van der Waals surface area (Å²) in [5.41, 5.74) is 0. The maximum absolute atomic E-state index is 2.12. The van der Waals surface area contributed by atoms with E-state index in [0.717, 1.165) is 0 Å². The van der Waals surface area contributed by atoms with Crippen molar-refractivity contribution in [2.75, 3.05) is 0 Å². The van der Waals surface area contributed by atoms with Gasteiger partial charge in [0.1, 0.15) is 0 Å². The van der Waals surface area contributed by atoms with E-state index < -0.39 is 0 Å². The van der Waals surface area contributed by atoms with Gasteiger partial charge in [0.05, 0.1) is 0 Å². The second-order valence-corrected chi connectivity index (χ2v) is 2.12. The minimum atomic E-state index is 0. The molecule has 0 atom stereocenters. The summed E-state index contributed by atoms with van der Waals surface area (Å²) >= 11 is 1.32. The van der Waals surface area contributed by atoms with E-state index in [1.165, 1.54) is 17.9 Å². The predicted molar refractivity (Wildman–Crippen MR) is 11.7 cm³/mol. The predicted octanol–water partition coefficient (Wildman–Crippen LogP) is 0.353. The van der Waals surface area contributed by atoms with Crippen molar-refractivity contribution >= 4 is 4.61 Å². The number of hydrogen-bond acceptors (Lipinski definition) is 0. The molecule has 2 heteroatoms. The standard InChI is InChI=1S/C2H4.Co.Zn/c1-2;;/h1H,2H3;;. The molecule has 0 saturated heterocycles. The molecular formula is C2H4CoZn. The Bertz CT molecular complexity index is 13.5. The fraction of sp³-hybridized carbons (Fsp3) is 0.500. The first-order valence-electron chi connectivity index (χ1n) is 0.986. The SMILES string of the molecule is C[CH]=[Zn].[Co]. The van der Waals surface area contributed by atoms with Crippen LogP contribution < -0.4 is 0 Å². The van der Waals surface area contributed by atoms with Crippen LogP contribution in [0.1, 0.15) is 6.92 Å². The molecule has 0 heterocycles. The zero-order valence-electron chi connectivity index (χ0n) is 2.62. The van der Waals surface area contributed by atoms with Crippen molar-refractivity contribution in [2.24, 2.45) is 0 Å². The normalized spacial score (nSPS) is 3.75. The van der Waals surface area contributed by atoms with Crippen LogP contribution in [0.3, 0.4) is 0 Å². The molecule has 0 amide bonds. The van der Waals surface area contributed by atoms with Gasteiger partial charge in [-0.3, -0.25) is 0 Å². The molecule has 0 N–H and O–H groups in total. The first kappa shape index (κ1) is 8.89. The van der Waals surface area contributed by atoms with E-state index in [-0.39, 0.29) is 16.8 Å². The molecule has 0 aliphatic heterocycles. The van der Waals surface area contributed by atoms with Crippen molar-refractivity contribution in [3.63, 3.8) is 0 Å². The molecule has 0 saturated carbocycles. The molecule has 0 aromatic heterocycles. The van der Waals surface area contributed by atoms with Gasteiger partial charge in [-0.2, -0.15) is 0 Å². The summed E-state index contributed by atoms with van der Waals surface area (Å²) in [6, 6.07) is 0. The molecule has 4 heavy (non-hydrogen) atoms. The van der Waals surface area contributed by atoms with Crippen molar-refractivity contribution in [1.82, 2.24) is 0 Å². The zero-order chi connectivity index (χ0) is 2.71. The smallest absolute Gasteiger partial charge is 0 e. The average Bonchev–Trinajstić information content (AvgIpc) is 0.918. The molecule has 23 valence electrons. The van der Waals surface area contributed by atoms with Crippen LogP contribution in [0.25, 0.3) is 0 Å². The van der Waals surface area contributed by atoms with Crippen LogP contribution in [-0.4, -0.2) is 4.61 Å². The first-order chi connectivity index (χ1) is 1.41. The van der Waals surface area contributed by atoms with E-state index in [0.29, 0.717) is 0 Å². The first-order valence-corrected chi connectivity index (χ1v) is 2.70. The average molecular weight is 152 g/mol. The van der Waals surface area contributed by atoms with Crippen LogP contribution in [0.4, 0.5) is 0 Å². The molecule has 0 rings (SSSR count). The molecule has 0 bridgehead atoms. The molecule has 0 fully saturated rings. The van der Waals surface area contributed by atoms with Crippen molar-refractivity contribution in [3.8, 4) is 0 Å². The van der Waals surface area contributed by atoms with Crippen LogP contribution in [0.5, 0.6) is 0 Å². The maximum Gasteiger partial charge on any atom is 0 e. The summed E-state index contributed by atoms with van der Waals surface area (Å²) in [5.74, 6) is 0. The fourth-order valence-electron chi connectivity index (χ4n) is 0. The van der Waals surface area contributed by atoms with E-state index in [2.05, 4.69) is 11.5 Å². The minimum Gasteiger partial charge on any atom is 0 e. The Kier molecular flexibility index (Phi) is 20.0. The minimum absolute atomic E-state index is 0. The second kappa shape index (κ2) is 9.00. The molecule has 0 spiro atoms. The zero-order valence-corrected chi connectivity index (χ0v) is 6.63.